The molecule has 4 rings (SSSR count). The van der Waals surface area contributed by atoms with Crippen molar-refractivity contribution in [2.24, 2.45) is 0 Å². The van der Waals surface area contributed by atoms with Gasteiger partial charge in [0.1, 0.15) is 11.1 Å². The molecule has 3 aromatic rings. The zero-order chi connectivity index (χ0) is 18.8. The van der Waals surface area contributed by atoms with Crippen molar-refractivity contribution in [3.8, 4) is 0 Å². The van der Waals surface area contributed by atoms with Crippen molar-refractivity contribution in [3.63, 3.8) is 0 Å². The van der Waals surface area contributed by atoms with Crippen LogP contribution in [0, 0.1) is 0 Å². The zero-order valence-electron chi connectivity index (χ0n) is 14.4. The molecular weight excluding hydrogens is 368 g/mol. The Balaban J connectivity index is 1.68. The molecule has 2 aromatic carbocycles. The molecule has 1 aliphatic rings. The average molecular weight is 385 g/mol. The Bertz CT molecular complexity index is 1060. The van der Waals surface area contributed by atoms with Gasteiger partial charge in [-0.2, -0.15) is 0 Å². The predicted octanol–water partition coefficient (Wildman–Crippen LogP) is 3.54. The molecular formula is C20H17ClN2O4. The third-order valence-corrected chi connectivity index (χ3v) is 4.75. The molecule has 2 heterocycles. The van der Waals surface area contributed by atoms with Crippen molar-refractivity contribution in [3.05, 3.63) is 69.5 Å². The molecule has 27 heavy (non-hydrogen) atoms. The Labute approximate surface area is 160 Å². The molecule has 0 bridgehead atoms. The Morgan fingerprint density at radius 1 is 1.07 bits per heavy atom. The minimum absolute atomic E-state index is 0.0541. The number of benzene rings is 2. The average Bonchev–Trinajstić information content (AvgIpc) is 2.68. The van der Waals surface area contributed by atoms with Gasteiger partial charge in [-0.25, -0.2) is 4.79 Å². The van der Waals surface area contributed by atoms with Crippen LogP contribution in [0.2, 0.25) is 5.02 Å². The summed E-state index contributed by atoms with van der Waals surface area (Å²) in [7, 11) is 0. The van der Waals surface area contributed by atoms with E-state index in [-0.39, 0.29) is 5.56 Å². The summed E-state index contributed by atoms with van der Waals surface area (Å²) in [5.74, 6) is -0.536. The van der Waals surface area contributed by atoms with Gasteiger partial charge in [-0.1, -0.05) is 35.9 Å². The van der Waals surface area contributed by atoms with E-state index in [2.05, 4.69) is 10.2 Å². The number of halogens is 1. The highest BCUT2D eigenvalue weighted by atomic mass is 35.5. The molecule has 1 amide bonds. The summed E-state index contributed by atoms with van der Waals surface area (Å²) >= 11 is 6.39. The summed E-state index contributed by atoms with van der Waals surface area (Å²) in [6.07, 6.45) is 0. The second-order valence-electron chi connectivity index (χ2n) is 6.17. The number of anilines is 2. The zero-order valence-corrected chi connectivity index (χ0v) is 15.2. The summed E-state index contributed by atoms with van der Waals surface area (Å²) in [6, 6.07) is 13.9. The first-order valence-corrected chi connectivity index (χ1v) is 8.97. The number of morpholine rings is 1. The van der Waals surface area contributed by atoms with Crippen LogP contribution >= 0.6 is 11.6 Å². The van der Waals surface area contributed by atoms with Crippen LogP contribution in [-0.4, -0.2) is 32.2 Å². The molecule has 1 aromatic heterocycles. The number of nitrogens with one attached hydrogen (secondary N) is 1. The number of nitrogens with zero attached hydrogens (tertiary/aromatic N) is 1. The van der Waals surface area contributed by atoms with Crippen LogP contribution < -0.4 is 15.8 Å². The quantitative estimate of drug-likeness (QED) is 0.699. The monoisotopic (exact) mass is 384 g/mol. The predicted molar refractivity (Wildman–Crippen MR) is 105 cm³/mol. The molecule has 1 aliphatic heterocycles. The Morgan fingerprint density at radius 2 is 1.85 bits per heavy atom. The first kappa shape index (κ1) is 17.6. The maximum absolute atomic E-state index is 12.8. The summed E-state index contributed by atoms with van der Waals surface area (Å²) in [5, 5.41) is 4.01. The second kappa shape index (κ2) is 7.42. The smallest absolute Gasteiger partial charge is 0.349 e. The highest BCUT2D eigenvalue weighted by molar-refractivity contribution is 6.34. The highest BCUT2D eigenvalue weighted by Gasteiger charge is 2.21. The van der Waals surface area contributed by atoms with Crippen LogP contribution in [-0.2, 0) is 4.74 Å². The molecule has 0 radical (unpaired) electrons. The van der Waals surface area contributed by atoms with E-state index < -0.39 is 11.5 Å². The second-order valence-corrected chi connectivity index (χ2v) is 6.58. The highest BCUT2D eigenvalue weighted by Crippen LogP contribution is 2.34. The van der Waals surface area contributed by atoms with E-state index in [1.807, 2.05) is 6.07 Å². The molecule has 1 saturated heterocycles. The minimum atomic E-state index is -0.679. The third-order valence-electron chi connectivity index (χ3n) is 4.45. The number of amides is 1. The van der Waals surface area contributed by atoms with Crippen LogP contribution in [0.3, 0.4) is 0 Å². The molecule has 1 fully saturated rings. The normalized spacial score (nSPS) is 14.3. The van der Waals surface area contributed by atoms with Gasteiger partial charge in [-0.05, 0) is 24.3 Å². The fourth-order valence-corrected chi connectivity index (χ4v) is 3.43. The number of hydrogen-bond acceptors (Lipinski definition) is 5. The molecule has 138 valence electrons. The topological polar surface area (TPSA) is 71.8 Å². The van der Waals surface area contributed by atoms with Gasteiger partial charge in [-0.15, -0.1) is 0 Å². The maximum atomic E-state index is 12.8. The lowest BCUT2D eigenvalue weighted by Crippen LogP contribution is -2.37. The van der Waals surface area contributed by atoms with E-state index in [0.29, 0.717) is 48.0 Å². The number of hydrogen-bond donors (Lipinski definition) is 1. The first-order valence-electron chi connectivity index (χ1n) is 8.59. The van der Waals surface area contributed by atoms with Gasteiger partial charge in [-0.3, -0.25) is 4.79 Å². The van der Waals surface area contributed by atoms with Gasteiger partial charge in [0.05, 0.1) is 29.6 Å². The van der Waals surface area contributed by atoms with Crippen LogP contribution in [0.5, 0.6) is 0 Å². The number of rotatable bonds is 3. The summed E-state index contributed by atoms with van der Waals surface area (Å²) in [6.45, 7) is 2.52. The molecule has 0 spiro atoms. The number of ether oxygens (including phenoxy) is 1. The van der Waals surface area contributed by atoms with Crippen molar-refractivity contribution in [2.45, 2.75) is 0 Å². The number of fused-ring (bicyclic) bond motifs is 1. The van der Waals surface area contributed by atoms with Gasteiger partial charge in [0, 0.05) is 18.5 Å². The molecule has 1 N–H and O–H groups in total. The fourth-order valence-electron chi connectivity index (χ4n) is 3.13. The van der Waals surface area contributed by atoms with Crippen molar-refractivity contribution < 1.29 is 13.9 Å². The Morgan fingerprint density at radius 3 is 2.67 bits per heavy atom. The first-order chi connectivity index (χ1) is 13.1. The third kappa shape index (κ3) is 3.54. The van der Waals surface area contributed by atoms with Gasteiger partial charge in [0.25, 0.3) is 5.91 Å². The van der Waals surface area contributed by atoms with Crippen LogP contribution in [0.1, 0.15) is 10.4 Å². The maximum Gasteiger partial charge on any atom is 0.349 e. The van der Waals surface area contributed by atoms with Gasteiger partial charge in [0.15, 0.2) is 0 Å². The lowest BCUT2D eigenvalue weighted by Gasteiger charge is -2.31. The van der Waals surface area contributed by atoms with E-state index in [4.69, 9.17) is 20.8 Å². The summed E-state index contributed by atoms with van der Waals surface area (Å²) in [5.41, 5.74) is 0.974. The SMILES string of the molecule is O=C(Nc1cccc(Cl)c1N1CCOCC1)c1cc2ccccc2oc1=O. The van der Waals surface area contributed by atoms with Crippen LogP contribution in [0.4, 0.5) is 11.4 Å². The van der Waals surface area contributed by atoms with E-state index >= 15 is 0 Å². The van der Waals surface area contributed by atoms with E-state index in [0.717, 1.165) is 5.69 Å². The Kier molecular flexibility index (Phi) is 4.83. The van der Waals surface area contributed by atoms with Gasteiger partial charge in [0.2, 0.25) is 0 Å². The summed E-state index contributed by atoms with van der Waals surface area (Å²) < 4.78 is 10.6. The van der Waals surface area contributed by atoms with Crippen molar-refractivity contribution in [2.75, 3.05) is 36.5 Å². The lowest BCUT2D eigenvalue weighted by atomic mass is 10.1. The molecule has 7 heteroatoms. The van der Waals surface area contributed by atoms with Crippen molar-refractivity contribution >= 4 is 39.9 Å². The van der Waals surface area contributed by atoms with Crippen molar-refractivity contribution in [1.29, 1.82) is 0 Å². The minimum Gasteiger partial charge on any atom is -0.422 e. The molecule has 0 aliphatic carbocycles. The fraction of sp³-hybridized carbons (Fsp3) is 0.200. The van der Waals surface area contributed by atoms with E-state index in [1.54, 1.807) is 36.4 Å². The number of carbonyl (C=O) groups excluding carboxylic acids is 1. The van der Waals surface area contributed by atoms with Crippen molar-refractivity contribution in [1.82, 2.24) is 0 Å². The Hall–Kier alpha value is -2.83. The molecule has 0 saturated carbocycles. The largest absolute Gasteiger partial charge is 0.422 e. The molecule has 0 atom stereocenters. The number of carbonyl (C=O) groups is 1. The van der Waals surface area contributed by atoms with Crippen LogP contribution in [0.25, 0.3) is 11.0 Å². The standard InChI is InChI=1S/C20H17ClN2O4/c21-15-5-3-6-16(18(15)23-8-10-26-11-9-23)22-19(24)14-12-13-4-1-2-7-17(13)27-20(14)25/h1-7,12H,8-11H2,(H,22,24). The van der Waals surface area contributed by atoms with E-state index in [1.165, 1.54) is 6.07 Å². The molecule has 0 unspecified atom stereocenters. The van der Waals surface area contributed by atoms with Crippen LogP contribution in [0.15, 0.2) is 57.7 Å². The van der Waals surface area contributed by atoms with E-state index in [9.17, 15) is 9.59 Å². The lowest BCUT2D eigenvalue weighted by molar-refractivity contribution is 0.102. The number of para-hydroxylation sites is 2. The molecule has 6 nitrogen and oxygen atoms in total. The van der Waals surface area contributed by atoms with Gasteiger partial charge >= 0.3 is 5.63 Å². The summed E-state index contributed by atoms with van der Waals surface area (Å²) in [4.78, 5) is 27.1. The van der Waals surface area contributed by atoms with Gasteiger partial charge < -0.3 is 19.4 Å².